The van der Waals surface area contributed by atoms with Gasteiger partial charge in [0.15, 0.2) is 5.78 Å². The Bertz CT molecular complexity index is 525. The molecule has 0 heterocycles. The van der Waals surface area contributed by atoms with Crippen LogP contribution in [0.5, 0.6) is 0 Å². The summed E-state index contributed by atoms with van der Waals surface area (Å²) in [5, 5.41) is 2.84. The number of benzene rings is 1. The van der Waals surface area contributed by atoms with Crippen molar-refractivity contribution in [3.63, 3.8) is 0 Å². The molecule has 1 rings (SSSR count). The van der Waals surface area contributed by atoms with Crippen LogP contribution in [-0.4, -0.2) is 23.5 Å². The summed E-state index contributed by atoms with van der Waals surface area (Å²) in [4.78, 5) is 36.4. The van der Waals surface area contributed by atoms with Crippen LogP contribution in [0.3, 0.4) is 0 Å². The summed E-state index contributed by atoms with van der Waals surface area (Å²) in [5.41, 5.74) is 0.547. The lowest BCUT2D eigenvalue weighted by molar-refractivity contribution is -0.125. The van der Waals surface area contributed by atoms with Gasteiger partial charge in [-0.25, -0.2) is 0 Å². The molecule has 132 valence electrons. The van der Waals surface area contributed by atoms with E-state index < -0.39 is 6.04 Å². The molecule has 0 fully saturated rings. The van der Waals surface area contributed by atoms with E-state index >= 15 is 0 Å². The van der Waals surface area contributed by atoms with E-state index in [-0.39, 0.29) is 30.3 Å². The van der Waals surface area contributed by atoms with E-state index in [1.54, 1.807) is 24.3 Å². The fourth-order valence-corrected chi connectivity index (χ4v) is 2.49. The summed E-state index contributed by atoms with van der Waals surface area (Å²) in [5.74, 6) is -0.145. The summed E-state index contributed by atoms with van der Waals surface area (Å²) >= 11 is 0. The first-order valence-electron chi connectivity index (χ1n) is 8.98. The van der Waals surface area contributed by atoms with Crippen LogP contribution in [0.1, 0.15) is 75.6 Å². The van der Waals surface area contributed by atoms with Gasteiger partial charge >= 0.3 is 0 Å². The smallest absolute Gasteiger partial charge is 0.251 e. The third kappa shape index (κ3) is 7.53. The van der Waals surface area contributed by atoms with Crippen molar-refractivity contribution < 1.29 is 14.4 Å². The van der Waals surface area contributed by atoms with Gasteiger partial charge in [0.2, 0.25) is 0 Å². The zero-order valence-corrected chi connectivity index (χ0v) is 14.8. The highest BCUT2D eigenvalue weighted by Crippen LogP contribution is 2.09. The Kier molecular flexibility index (Phi) is 9.66. The van der Waals surface area contributed by atoms with Gasteiger partial charge in [0.25, 0.3) is 5.91 Å². The van der Waals surface area contributed by atoms with Crippen LogP contribution in [0.25, 0.3) is 0 Å². The molecular formula is C20H29NO3. The van der Waals surface area contributed by atoms with Crippen molar-refractivity contribution in [3.8, 4) is 0 Å². The van der Waals surface area contributed by atoms with Crippen molar-refractivity contribution >= 4 is 17.5 Å². The van der Waals surface area contributed by atoms with Crippen LogP contribution in [0, 0.1) is 0 Å². The number of hydrogen-bond donors (Lipinski definition) is 1. The minimum absolute atomic E-state index is 0.0439. The van der Waals surface area contributed by atoms with Crippen molar-refractivity contribution in [1.29, 1.82) is 0 Å². The van der Waals surface area contributed by atoms with Crippen molar-refractivity contribution in [1.82, 2.24) is 5.32 Å². The van der Waals surface area contributed by atoms with Gasteiger partial charge in [-0.2, -0.15) is 0 Å². The molecule has 0 aliphatic heterocycles. The van der Waals surface area contributed by atoms with E-state index in [1.165, 1.54) is 0 Å². The number of ketones is 2. The topological polar surface area (TPSA) is 63.2 Å². The monoisotopic (exact) mass is 331 g/mol. The minimum atomic E-state index is -0.503. The SMILES string of the molecule is CCCCC(=O)CCC(=O)[C@@H](CCCC)NC(=O)c1ccccc1. The molecule has 0 aromatic heterocycles. The van der Waals surface area contributed by atoms with Crippen LogP contribution in [0.4, 0.5) is 0 Å². The lowest BCUT2D eigenvalue weighted by Gasteiger charge is -2.17. The molecule has 24 heavy (non-hydrogen) atoms. The minimum Gasteiger partial charge on any atom is -0.342 e. The lowest BCUT2D eigenvalue weighted by atomic mass is 9.99. The number of carbonyl (C=O) groups excluding carboxylic acids is 3. The van der Waals surface area contributed by atoms with Gasteiger partial charge in [-0.3, -0.25) is 14.4 Å². The molecule has 1 amide bonds. The van der Waals surface area contributed by atoms with Crippen molar-refractivity contribution in [2.75, 3.05) is 0 Å². The fourth-order valence-electron chi connectivity index (χ4n) is 2.49. The Labute approximate surface area is 145 Å². The summed E-state index contributed by atoms with van der Waals surface area (Å²) in [6.07, 6.45) is 5.34. The summed E-state index contributed by atoms with van der Waals surface area (Å²) in [6, 6.07) is 8.39. The molecule has 4 heteroatoms. The Morgan fingerprint density at radius 3 is 2.21 bits per heavy atom. The predicted molar refractivity (Wildman–Crippen MR) is 96.0 cm³/mol. The molecule has 1 N–H and O–H groups in total. The van der Waals surface area contributed by atoms with Gasteiger partial charge in [-0.1, -0.05) is 51.3 Å². The van der Waals surface area contributed by atoms with Gasteiger partial charge in [-0.05, 0) is 25.0 Å². The molecule has 4 nitrogen and oxygen atoms in total. The second kappa shape index (κ2) is 11.5. The Morgan fingerprint density at radius 2 is 1.58 bits per heavy atom. The molecule has 0 saturated carbocycles. The number of rotatable bonds is 12. The normalized spacial score (nSPS) is 11.8. The molecule has 0 unspecified atom stereocenters. The number of hydrogen-bond acceptors (Lipinski definition) is 3. The number of amides is 1. The molecule has 1 atom stereocenters. The number of carbonyl (C=O) groups is 3. The molecular weight excluding hydrogens is 302 g/mol. The van der Waals surface area contributed by atoms with E-state index in [2.05, 4.69) is 12.2 Å². The quantitative estimate of drug-likeness (QED) is 0.627. The van der Waals surface area contributed by atoms with Gasteiger partial charge in [0, 0.05) is 24.8 Å². The lowest BCUT2D eigenvalue weighted by Crippen LogP contribution is -2.41. The predicted octanol–water partition coefficient (Wildman–Crippen LogP) is 4.08. The summed E-state index contributed by atoms with van der Waals surface area (Å²) in [6.45, 7) is 4.09. The maximum Gasteiger partial charge on any atom is 0.251 e. The van der Waals surface area contributed by atoms with Crippen LogP contribution in [0.2, 0.25) is 0 Å². The van der Waals surface area contributed by atoms with Crippen LogP contribution in [-0.2, 0) is 9.59 Å². The van der Waals surface area contributed by atoms with E-state index in [9.17, 15) is 14.4 Å². The van der Waals surface area contributed by atoms with Crippen molar-refractivity contribution in [2.24, 2.45) is 0 Å². The second-order valence-corrected chi connectivity index (χ2v) is 6.14. The zero-order chi connectivity index (χ0) is 17.8. The maximum atomic E-state index is 12.4. The van der Waals surface area contributed by atoms with Crippen molar-refractivity contribution in [3.05, 3.63) is 35.9 Å². The Balaban J connectivity index is 2.58. The van der Waals surface area contributed by atoms with E-state index in [4.69, 9.17) is 0 Å². The molecule has 0 aliphatic rings. The summed E-state index contributed by atoms with van der Waals surface area (Å²) in [7, 11) is 0. The van der Waals surface area contributed by atoms with Gasteiger partial charge < -0.3 is 5.32 Å². The van der Waals surface area contributed by atoms with Gasteiger partial charge in [0.05, 0.1) is 6.04 Å². The van der Waals surface area contributed by atoms with E-state index in [0.717, 1.165) is 25.7 Å². The van der Waals surface area contributed by atoms with Crippen LogP contribution >= 0.6 is 0 Å². The first-order valence-corrected chi connectivity index (χ1v) is 8.98. The molecule has 0 bridgehead atoms. The standard InChI is InChI=1S/C20H29NO3/c1-3-5-12-17(22)14-15-19(23)18(13-6-4-2)21-20(24)16-10-8-7-9-11-16/h7-11,18H,3-6,12-15H2,1-2H3,(H,21,24)/t18-/m1/s1. The third-order valence-electron chi connectivity index (χ3n) is 4.04. The Hall–Kier alpha value is -1.97. The van der Waals surface area contributed by atoms with E-state index in [0.29, 0.717) is 18.4 Å². The molecule has 0 spiro atoms. The molecule has 0 saturated heterocycles. The van der Waals surface area contributed by atoms with E-state index in [1.807, 2.05) is 13.0 Å². The number of nitrogens with one attached hydrogen (secondary N) is 1. The average Bonchev–Trinajstić information content (AvgIpc) is 2.61. The van der Waals surface area contributed by atoms with Gasteiger partial charge in [-0.15, -0.1) is 0 Å². The number of Topliss-reactive ketones (excluding diaryl/α,β-unsaturated/α-hetero) is 2. The third-order valence-corrected chi connectivity index (χ3v) is 4.04. The largest absolute Gasteiger partial charge is 0.342 e. The zero-order valence-electron chi connectivity index (χ0n) is 14.8. The van der Waals surface area contributed by atoms with Crippen LogP contribution in [0.15, 0.2) is 30.3 Å². The average molecular weight is 331 g/mol. The second-order valence-electron chi connectivity index (χ2n) is 6.14. The Morgan fingerprint density at radius 1 is 0.917 bits per heavy atom. The first-order chi connectivity index (χ1) is 11.6. The molecule has 0 aliphatic carbocycles. The van der Waals surface area contributed by atoms with Gasteiger partial charge in [0.1, 0.15) is 5.78 Å². The molecule has 0 radical (unpaired) electrons. The first kappa shape index (κ1) is 20.1. The highest BCUT2D eigenvalue weighted by molar-refractivity contribution is 5.98. The maximum absolute atomic E-state index is 12.4. The van der Waals surface area contributed by atoms with Crippen molar-refractivity contribution in [2.45, 2.75) is 71.3 Å². The number of unbranched alkanes of at least 4 members (excludes halogenated alkanes) is 2. The molecule has 1 aromatic carbocycles. The van der Waals surface area contributed by atoms with Crippen LogP contribution < -0.4 is 5.32 Å². The molecule has 1 aromatic rings. The highest BCUT2D eigenvalue weighted by atomic mass is 16.2. The fraction of sp³-hybridized carbons (Fsp3) is 0.550. The highest BCUT2D eigenvalue weighted by Gasteiger charge is 2.21. The summed E-state index contributed by atoms with van der Waals surface area (Å²) < 4.78 is 0.